The van der Waals surface area contributed by atoms with Gasteiger partial charge in [-0.1, -0.05) is 22.9 Å². The molecule has 0 spiro atoms. The number of carbonyl (C=O) groups excluding carboxylic acids is 1. The Hall–Kier alpha value is -2.27. The zero-order valence-electron chi connectivity index (χ0n) is 15.3. The van der Waals surface area contributed by atoms with Crippen LogP contribution in [0, 0.1) is 17.6 Å². The van der Waals surface area contributed by atoms with Gasteiger partial charge in [-0.3, -0.25) is 10.1 Å². The average Bonchev–Trinajstić information content (AvgIpc) is 3.44. The first-order valence-corrected chi connectivity index (χ1v) is 11.3. The van der Waals surface area contributed by atoms with Gasteiger partial charge in [0, 0.05) is 12.1 Å². The molecule has 2 N–H and O–H groups in total. The molecule has 156 valence electrons. The van der Waals surface area contributed by atoms with Crippen LogP contribution in [0.25, 0.3) is 10.6 Å². The van der Waals surface area contributed by atoms with Gasteiger partial charge in [0.15, 0.2) is 5.01 Å². The minimum absolute atomic E-state index is 0.119. The molecular weight excluding hydrogens is 454 g/mol. The maximum absolute atomic E-state index is 14.2. The topological polar surface area (TPSA) is 84.0 Å². The maximum atomic E-state index is 14.2. The molecule has 30 heavy (non-hydrogen) atoms. The molecule has 4 rings (SSSR count). The van der Waals surface area contributed by atoms with E-state index in [0.29, 0.717) is 27.9 Å². The van der Waals surface area contributed by atoms with Gasteiger partial charge in [-0.05, 0) is 55.2 Å². The molecule has 3 aromatic rings. The normalized spacial score (nSPS) is 14.5. The minimum atomic E-state index is -1.54. The number of carbonyl (C=O) groups is 1. The van der Waals surface area contributed by atoms with Crippen molar-refractivity contribution in [1.29, 1.82) is 0 Å². The summed E-state index contributed by atoms with van der Waals surface area (Å²) in [6.45, 7) is 0.616. The molecule has 1 amide bonds. The van der Waals surface area contributed by atoms with Gasteiger partial charge in [0.25, 0.3) is 5.91 Å². The Bertz CT molecular complexity index is 1140. The number of aromatic nitrogens is 2. The van der Waals surface area contributed by atoms with E-state index in [1.54, 1.807) is 0 Å². The molecule has 0 aliphatic heterocycles. The highest BCUT2D eigenvalue weighted by molar-refractivity contribution is 7.83. The molecule has 6 nitrogen and oxygen atoms in total. The zero-order chi connectivity index (χ0) is 21.3. The van der Waals surface area contributed by atoms with Gasteiger partial charge in [0.05, 0.1) is 15.5 Å². The summed E-state index contributed by atoms with van der Waals surface area (Å²) in [5.74, 6) is -1.46. The second kappa shape index (κ2) is 8.84. The summed E-state index contributed by atoms with van der Waals surface area (Å²) in [6.07, 6.45) is 2.21. The summed E-state index contributed by atoms with van der Waals surface area (Å²) in [6, 6.07) is 7.57. The molecule has 1 unspecified atom stereocenters. The van der Waals surface area contributed by atoms with Crippen LogP contribution in [0.4, 0.5) is 13.9 Å². The zero-order valence-corrected chi connectivity index (χ0v) is 17.7. The third-order valence-corrected chi connectivity index (χ3v) is 6.70. The lowest BCUT2D eigenvalue weighted by atomic mass is 10.2. The van der Waals surface area contributed by atoms with E-state index in [1.807, 2.05) is 0 Å². The molecule has 0 radical (unpaired) electrons. The van der Waals surface area contributed by atoms with Crippen LogP contribution in [0.15, 0.2) is 41.3 Å². The highest BCUT2D eigenvalue weighted by Gasteiger charge is 2.22. The van der Waals surface area contributed by atoms with E-state index in [4.69, 9.17) is 11.6 Å². The van der Waals surface area contributed by atoms with Crippen molar-refractivity contribution in [3.63, 3.8) is 0 Å². The summed E-state index contributed by atoms with van der Waals surface area (Å²) in [4.78, 5) is 12.8. The van der Waals surface area contributed by atoms with Gasteiger partial charge >= 0.3 is 0 Å². The molecule has 1 aromatic heterocycles. The number of hydrogen-bond acceptors (Lipinski definition) is 5. The molecular formula is C19H15ClF2N4O2S2. The fourth-order valence-corrected chi connectivity index (χ4v) is 4.66. The number of hydrogen-bond donors (Lipinski definition) is 2. The van der Waals surface area contributed by atoms with Crippen molar-refractivity contribution in [3.05, 3.63) is 58.6 Å². The molecule has 1 atom stereocenters. The van der Waals surface area contributed by atoms with Gasteiger partial charge in [0.1, 0.15) is 22.6 Å². The summed E-state index contributed by atoms with van der Waals surface area (Å²) >= 11 is 7.03. The van der Waals surface area contributed by atoms with Crippen LogP contribution in [-0.2, 0) is 11.0 Å². The maximum Gasteiger partial charge on any atom is 0.260 e. The molecule has 1 heterocycles. The average molecular weight is 469 g/mol. The Balaban J connectivity index is 1.49. The second-order valence-electron chi connectivity index (χ2n) is 6.69. The van der Waals surface area contributed by atoms with E-state index in [2.05, 4.69) is 20.2 Å². The predicted molar refractivity (Wildman–Crippen MR) is 112 cm³/mol. The van der Waals surface area contributed by atoms with Crippen LogP contribution in [0.5, 0.6) is 0 Å². The van der Waals surface area contributed by atoms with Crippen LogP contribution in [0.2, 0.25) is 5.02 Å². The van der Waals surface area contributed by atoms with Crippen molar-refractivity contribution in [2.75, 3.05) is 11.9 Å². The van der Waals surface area contributed by atoms with E-state index in [1.165, 1.54) is 24.3 Å². The number of benzene rings is 2. The quantitative estimate of drug-likeness (QED) is 0.538. The summed E-state index contributed by atoms with van der Waals surface area (Å²) in [5.41, 5.74) is 0.201. The molecule has 1 aliphatic carbocycles. The number of halogens is 3. The van der Waals surface area contributed by atoms with Crippen molar-refractivity contribution in [3.8, 4) is 10.6 Å². The van der Waals surface area contributed by atoms with E-state index < -0.39 is 28.5 Å². The number of amides is 1. The number of anilines is 1. The first kappa shape index (κ1) is 21.0. The number of nitrogens with one attached hydrogen (secondary N) is 2. The molecule has 0 bridgehead atoms. The Morgan fingerprint density at radius 2 is 2.00 bits per heavy atom. The molecule has 2 aromatic carbocycles. The van der Waals surface area contributed by atoms with Gasteiger partial charge in [-0.15, -0.1) is 10.2 Å². The molecule has 1 aliphatic rings. The third-order valence-electron chi connectivity index (χ3n) is 4.40. The smallest absolute Gasteiger partial charge is 0.260 e. The third kappa shape index (κ3) is 4.89. The Morgan fingerprint density at radius 1 is 1.20 bits per heavy atom. The van der Waals surface area contributed by atoms with E-state index >= 15 is 0 Å². The Labute approximate surface area is 182 Å². The van der Waals surface area contributed by atoms with Crippen LogP contribution in [0.3, 0.4) is 0 Å². The highest BCUT2D eigenvalue weighted by Crippen LogP contribution is 2.32. The van der Waals surface area contributed by atoms with E-state index in [9.17, 15) is 17.8 Å². The fraction of sp³-hybridized carbons (Fsp3) is 0.211. The van der Waals surface area contributed by atoms with Crippen LogP contribution >= 0.6 is 22.9 Å². The van der Waals surface area contributed by atoms with Crippen LogP contribution in [0.1, 0.15) is 23.2 Å². The van der Waals surface area contributed by atoms with Crippen LogP contribution < -0.4 is 10.0 Å². The van der Waals surface area contributed by atoms with Crippen LogP contribution in [-0.4, -0.2) is 26.9 Å². The van der Waals surface area contributed by atoms with Gasteiger partial charge < -0.3 is 0 Å². The fourth-order valence-electron chi connectivity index (χ4n) is 2.60. The van der Waals surface area contributed by atoms with E-state index in [0.717, 1.165) is 36.3 Å². The van der Waals surface area contributed by atoms with Gasteiger partial charge in [0.2, 0.25) is 5.13 Å². The first-order valence-electron chi connectivity index (χ1n) is 8.96. The monoisotopic (exact) mass is 468 g/mol. The summed E-state index contributed by atoms with van der Waals surface area (Å²) in [5, 5.41) is 10.9. The number of nitrogens with zero attached hydrogens (tertiary/aromatic N) is 2. The largest absolute Gasteiger partial charge is 0.296 e. The van der Waals surface area contributed by atoms with Crippen molar-refractivity contribution >= 4 is 45.0 Å². The second-order valence-corrected chi connectivity index (χ2v) is 9.38. The van der Waals surface area contributed by atoms with Gasteiger partial charge in [-0.25, -0.2) is 17.7 Å². The number of rotatable bonds is 7. The first-order chi connectivity index (χ1) is 14.4. The summed E-state index contributed by atoms with van der Waals surface area (Å²) < 4.78 is 42.6. The lowest BCUT2D eigenvalue weighted by Gasteiger charge is -2.07. The molecule has 11 heteroatoms. The van der Waals surface area contributed by atoms with Crippen molar-refractivity contribution in [1.82, 2.24) is 14.9 Å². The standard InChI is InChI=1S/C19H15ClF2N4O2S2/c20-15-7-11(21)3-5-13(15)18-25-26-19(29-18)24-17(27)14-8-12(4-6-16(14)22)30(28)23-9-10-1-2-10/h3-8,10,23H,1-2,9H2,(H,24,26,27). The SMILES string of the molecule is O=C(Nc1nnc(-c2ccc(F)cc2Cl)s1)c1cc(S(=O)NCC2CC2)ccc1F. The molecule has 1 fully saturated rings. The molecule has 0 saturated heterocycles. The van der Waals surface area contributed by atoms with E-state index in [-0.39, 0.29) is 15.7 Å². The Kier molecular flexibility index (Phi) is 6.19. The molecule has 1 saturated carbocycles. The minimum Gasteiger partial charge on any atom is -0.296 e. The highest BCUT2D eigenvalue weighted by atomic mass is 35.5. The van der Waals surface area contributed by atoms with Crippen molar-refractivity contribution < 1.29 is 17.8 Å². The van der Waals surface area contributed by atoms with Gasteiger partial charge in [-0.2, -0.15) is 0 Å². The summed E-state index contributed by atoms with van der Waals surface area (Å²) in [7, 11) is -1.54. The van der Waals surface area contributed by atoms with Crippen molar-refractivity contribution in [2.45, 2.75) is 17.7 Å². The Morgan fingerprint density at radius 3 is 2.73 bits per heavy atom. The lowest BCUT2D eigenvalue weighted by molar-refractivity contribution is 0.102. The van der Waals surface area contributed by atoms with Crippen molar-refractivity contribution in [2.24, 2.45) is 5.92 Å². The lowest BCUT2D eigenvalue weighted by Crippen LogP contribution is -2.21. The predicted octanol–water partition coefficient (Wildman–Crippen LogP) is 4.41.